The number of rotatable bonds is 5. The Morgan fingerprint density at radius 3 is 2.74 bits per heavy atom. The van der Waals surface area contributed by atoms with Gasteiger partial charge in [-0.1, -0.05) is 11.6 Å². The van der Waals surface area contributed by atoms with E-state index in [0.717, 1.165) is 4.90 Å². The van der Waals surface area contributed by atoms with Crippen molar-refractivity contribution in [3.63, 3.8) is 0 Å². The Balaban J connectivity index is 2.06. The van der Waals surface area contributed by atoms with E-state index < -0.39 is 24.7 Å². The summed E-state index contributed by atoms with van der Waals surface area (Å²) in [5.74, 6) is -0.868. The van der Waals surface area contributed by atoms with Crippen molar-refractivity contribution in [3.8, 4) is 11.1 Å². The molecule has 3 aromatic rings. The fourth-order valence-corrected chi connectivity index (χ4v) is 2.91. The topological polar surface area (TPSA) is 87.9 Å². The average molecular weight is 398 g/mol. The lowest BCUT2D eigenvalue weighted by Gasteiger charge is -2.30. The van der Waals surface area contributed by atoms with Crippen LogP contribution in [0.2, 0.25) is 5.02 Å². The van der Waals surface area contributed by atoms with Crippen LogP contribution in [0.15, 0.2) is 36.9 Å². The third kappa shape index (κ3) is 4.13. The molecule has 3 heterocycles. The van der Waals surface area contributed by atoms with Crippen molar-refractivity contribution in [1.82, 2.24) is 15.0 Å². The largest absolute Gasteiger partial charge is 0.405 e. The van der Waals surface area contributed by atoms with E-state index in [1.807, 2.05) is 0 Å². The van der Waals surface area contributed by atoms with Gasteiger partial charge in [0.05, 0.1) is 16.9 Å². The van der Waals surface area contributed by atoms with E-state index in [0.29, 0.717) is 27.2 Å². The molecule has 0 spiro atoms. The van der Waals surface area contributed by atoms with Gasteiger partial charge in [-0.2, -0.15) is 13.2 Å². The van der Waals surface area contributed by atoms with Crippen LogP contribution in [0, 0.1) is 0 Å². The third-order valence-corrected chi connectivity index (χ3v) is 4.30. The number of amides is 1. The summed E-state index contributed by atoms with van der Waals surface area (Å²) < 4.78 is 39.0. The molecular formula is C17H15ClF3N5O. The molecule has 3 rings (SSSR count). The van der Waals surface area contributed by atoms with Gasteiger partial charge >= 0.3 is 6.18 Å². The number of halogens is 4. The van der Waals surface area contributed by atoms with Gasteiger partial charge in [-0.3, -0.25) is 9.78 Å². The zero-order chi connectivity index (χ0) is 19.8. The molecule has 10 heteroatoms. The second-order valence-electron chi connectivity index (χ2n) is 6.01. The summed E-state index contributed by atoms with van der Waals surface area (Å²) in [5, 5.41) is 1.13. The Bertz CT molecular complexity index is 988. The molecule has 0 bridgehead atoms. The van der Waals surface area contributed by atoms with Crippen LogP contribution in [0.25, 0.3) is 22.2 Å². The number of H-pyrrole nitrogens is 1. The second-order valence-corrected chi connectivity index (χ2v) is 6.44. The van der Waals surface area contributed by atoms with Gasteiger partial charge in [-0.05, 0) is 19.1 Å². The van der Waals surface area contributed by atoms with Crippen molar-refractivity contribution in [2.45, 2.75) is 19.1 Å². The molecular weight excluding hydrogens is 383 g/mol. The van der Waals surface area contributed by atoms with Gasteiger partial charge in [0.2, 0.25) is 5.91 Å². The predicted molar refractivity (Wildman–Crippen MR) is 96.4 cm³/mol. The molecule has 3 aromatic heterocycles. The minimum atomic E-state index is -4.52. The van der Waals surface area contributed by atoms with Gasteiger partial charge in [-0.25, -0.2) is 4.98 Å². The second kappa shape index (κ2) is 7.07. The van der Waals surface area contributed by atoms with Crippen LogP contribution < -0.4 is 10.6 Å². The monoisotopic (exact) mass is 397 g/mol. The number of pyridine rings is 2. The number of nitrogens with two attached hydrogens (primary N) is 1. The first-order valence-corrected chi connectivity index (χ1v) is 8.24. The first kappa shape index (κ1) is 19.0. The maximum atomic E-state index is 13.0. The van der Waals surface area contributed by atoms with Crippen LogP contribution in [0.5, 0.6) is 0 Å². The highest BCUT2D eigenvalue weighted by atomic mass is 35.5. The molecule has 6 nitrogen and oxygen atoms in total. The SMILES string of the molecule is C[C@H](C(N)=O)N(CC(F)(F)F)c1cncc(-c2c[nH]c3ncc(Cl)cc23)c1. The Morgan fingerprint density at radius 1 is 1.33 bits per heavy atom. The van der Waals surface area contributed by atoms with Crippen molar-refractivity contribution in [2.24, 2.45) is 5.73 Å². The van der Waals surface area contributed by atoms with Crippen molar-refractivity contribution >= 4 is 34.2 Å². The molecule has 0 fully saturated rings. The fourth-order valence-electron chi connectivity index (χ4n) is 2.75. The van der Waals surface area contributed by atoms with E-state index >= 15 is 0 Å². The lowest BCUT2D eigenvalue weighted by molar-refractivity contribution is -0.125. The first-order valence-electron chi connectivity index (χ1n) is 7.86. The van der Waals surface area contributed by atoms with Crippen LogP contribution in [0.4, 0.5) is 18.9 Å². The summed E-state index contributed by atoms with van der Waals surface area (Å²) in [6, 6.07) is 2.05. The lowest BCUT2D eigenvalue weighted by atomic mass is 10.1. The number of hydrogen-bond acceptors (Lipinski definition) is 4. The number of alkyl halides is 3. The van der Waals surface area contributed by atoms with Crippen LogP contribution in [-0.4, -0.2) is 39.6 Å². The fraction of sp³-hybridized carbons (Fsp3) is 0.235. The van der Waals surface area contributed by atoms with Gasteiger partial charge < -0.3 is 15.6 Å². The molecule has 1 atom stereocenters. The van der Waals surface area contributed by atoms with Crippen LogP contribution in [0.1, 0.15) is 6.92 Å². The number of nitrogens with one attached hydrogen (secondary N) is 1. The van der Waals surface area contributed by atoms with Gasteiger partial charge in [-0.15, -0.1) is 0 Å². The molecule has 0 unspecified atom stereocenters. The summed E-state index contributed by atoms with van der Waals surface area (Å²) in [4.78, 5) is 23.5. The zero-order valence-corrected chi connectivity index (χ0v) is 14.8. The number of fused-ring (bicyclic) bond motifs is 1. The van der Waals surface area contributed by atoms with E-state index in [1.165, 1.54) is 31.6 Å². The van der Waals surface area contributed by atoms with E-state index in [1.54, 1.807) is 12.3 Å². The normalized spacial score (nSPS) is 12.9. The smallest absolute Gasteiger partial charge is 0.368 e. The lowest BCUT2D eigenvalue weighted by Crippen LogP contribution is -2.47. The van der Waals surface area contributed by atoms with Gasteiger partial charge in [0.25, 0.3) is 0 Å². The van der Waals surface area contributed by atoms with Crippen molar-refractivity contribution in [2.75, 3.05) is 11.4 Å². The summed E-state index contributed by atoms with van der Waals surface area (Å²) >= 11 is 5.99. The van der Waals surface area contributed by atoms with Crippen LogP contribution >= 0.6 is 11.6 Å². The molecule has 142 valence electrons. The highest BCUT2D eigenvalue weighted by Crippen LogP contribution is 2.32. The minimum absolute atomic E-state index is 0.125. The maximum absolute atomic E-state index is 13.0. The first-order chi connectivity index (χ1) is 12.7. The Morgan fingerprint density at radius 2 is 2.07 bits per heavy atom. The molecule has 27 heavy (non-hydrogen) atoms. The van der Waals surface area contributed by atoms with E-state index in [4.69, 9.17) is 17.3 Å². The Hall–Kier alpha value is -2.81. The molecule has 0 aromatic carbocycles. The molecule has 0 saturated heterocycles. The summed E-state index contributed by atoms with van der Waals surface area (Å²) in [5.41, 5.74) is 7.15. The third-order valence-electron chi connectivity index (χ3n) is 4.09. The number of hydrogen-bond donors (Lipinski definition) is 2. The Kier molecular flexibility index (Phi) is 4.97. The predicted octanol–water partition coefficient (Wildman–Crippen LogP) is 3.52. The molecule has 0 radical (unpaired) electrons. The number of anilines is 1. The number of primary amides is 1. The average Bonchev–Trinajstić information content (AvgIpc) is 3.01. The van der Waals surface area contributed by atoms with Gasteiger partial charge in [0.1, 0.15) is 18.2 Å². The summed E-state index contributed by atoms with van der Waals surface area (Å²) in [7, 11) is 0. The molecule has 0 saturated carbocycles. The number of aromatic nitrogens is 3. The maximum Gasteiger partial charge on any atom is 0.405 e. The number of nitrogens with zero attached hydrogens (tertiary/aromatic N) is 3. The molecule has 0 aliphatic rings. The van der Waals surface area contributed by atoms with Crippen molar-refractivity contribution < 1.29 is 18.0 Å². The standard InChI is InChI=1S/C17H15ClF3N5O/c1-9(15(22)27)26(8-17(19,20)21)12-2-10(4-23-6-12)14-7-25-16-13(14)3-11(18)5-24-16/h2-7,9H,8H2,1H3,(H2,22,27)(H,24,25)/t9-/m1/s1. The number of carbonyl (C=O) groups is 1. The summed E-state index contributed by atoms with van der Waals surface area (Å²) in [6.07, 6.45) is 1.40. The van der Waals surface area contributed by atoms with Crippen LogP contribution in [0.3, 0.4) is 0 Å². The van der Waals surface area contributed by atoms with E-state index in [2.05, 4.69) is 15.0 Å². The van der Waals surface area contributed by atoms with E-state index in [9.17, 15) is 18.0 Å². The van der Waals surface area contributed by atoms with Crippen molar-refractivity contribution in [1.29, 1.82) is 0 Å². The number of aromatic amines is 1. The quantitative estimate of drug-likeness (QED) is 0.689. The van der Waals surface area contributed by atoms with Crippen molar-refractivity contribution in [3.05, 3.63) is 41.9 Å². The minimum Gasteiger partial charge on any atom is -0.368 e. The molecule has 0 aliphatic carbocycles. The molecule has 0 aliphatic heterocycles. The molecule has 3 N–H and O–H groups in total. The highest BCUT2D eigenvalue weighted by molar-refractivity contribution is 6.31. The highest BCUT2D eigenvalue weighted by Gasteiger charge is 2.34. The number of carbonyl (C=O) groups excluding carboxylic acids is 1. The molecule has 1 amide bonds. The summed E-state index contributed by atoms with van der Waals surface area (Å²) in [6.45, 7) is -0.0142. The van der Waals surface area contributed by atoms with Crippen LogP contribution in [-0.2, 0) is 4.79 Å². The Labute approximate surface area is 157 Å². The van der Waals surface area contributed by atoms with Gasteiger partial charge in [0.15, 0.2) is 0 Å². The van der Waals surface area contributed by atoms with E-state index in [-0.39, 0.29) is 5.69 Å². The van der Waals surface area contributed by atoms with Gasteiger partial charge in [0, 0.05) is 35.1 Å². The zero-order valence-electron chi connectivity index (χ0n) is 14.1.